The summed E-state index contributed by atoms with van der Waals surface area (Å²) in [6.07, 6.45) is 6.80. The van der Waals surface area contributed by atoms with Crippen LogP contribution in [0.1, 0.15) is 58.3 Å². The Balaban J connectivity index is 1.61. The number of hydrogen-bond donors (Lipinski definition) is 0. The molecule has 0 radical (unpaired) electrons. The van der Waals surface area contributed by atoms with Crippen molar-refractivity contribution >= 4 is 5.91 Å². The van der Waals surface area contributed by atoms with E-state index in [1.807, 2.05) is 49.1 Å². The first-order valence-electron chi connectivity index (χ1n) is 9.31. The van der Waals surface area contributed by atoms with Gasteiger partial charge < -0.3 is 9.42 Å². The van der Waals surface area contributed by atoms with Crippen LogP contribution in [0.4, 0.5) is 0 Å². The molecule has 0 spiro atoms. The molecule has 0 atom stereocenters. The van der Waals surface area contributed by atoms with E-state index in [0.29, 0.717) is 24.7 Å². The topological polar surface area (TPSA) is 59.2 Å². The Morgan fingerprint density at radius 3 is 2.64 bits per heavy atom. The van der Waals surface area contributed by atoms with Crippen molar-refractivity contribution in [3.63, 3.8) is 0 Å². The Kier molecular flexibility index (Phi) is 5.84. The van der Waals surface area contributed by atoms with Crippen LogP contribution in [0.15, 0.2) is 34.9 Å². The summed E-state index contributed by atoms with van der Waals surface area (Å²) in [4.78, 5) is 19.0. The summed E-state index contributed by atoms with van der Waals surface area (Å²) >= 11 is 0. The molecule has 1 aromatic carbocycles. The molecule has 1 amide bonds. The van der Waals surface area contributed by atoms with Crippen molar-refractivity contribution in [3.05, 3.63) is 36.2 Å². The Morgan fingerprint density at radius 1 is 1.24 bits per heavy atom. The second kappa shape index (κ2) is 8.28. The third kappa shape index (κ3) is 4.68. The third-order valence-corrected chi connectivity index (χ3v) is 4.99. The fourth-order valence-corrected chi connectivity index (χ4v) is 3.50. The Labute approximate surface area is 149 Å². The van der Waals surface area contributed by atoms with Crippen LogP contribution in [0.3, 0.4) is 0 Å². The number of carbonyl (C=O) groups excluding carboxylic acids is 1. The second-order valence-electron chi connectivity index (χ2n) is 7.18. The molecule has 5 heteroatoms. The third-order valence-electron chi connectivity index (χ3n) is 4.99. The van der Waals surface area contributed by atoms with Gasteiger partial charge in [0, 0.05) is 18.0 Å². The molecular formula is C20H27N3O2. The summed E-state index contributed by atoms with van der Waals surface area (Å²) in [7, 11) is 0. The smallest absolute Gasteiger partial charge is 0.246 e. The summed E-state index contributed by atoms with van der Waals surface area (Å²) in [5.74, 6) is 1.96. The van der Waals surface area contributed by atoms with Gasteiger partial charge in [0.15, 0.2) is 0 Å². The normalized spacial score (nSPS) is 15.0. The van der Waals surface area contributed by atoms with Crippen LogP contribution in [0.2, 0.25) is 0 Å². The molecule has 134 valence electrons. The van der Waals surface area contributed by atoms with Crippen molar-refractivity contribution in [2.45, 2.75) is 65.0 Å². The first-order chi connectivity index (χ1) is 12.1. The Bertz CT molecular complexity index is 675. The van der Waals surface area contributed by atoms with Crippen molar-refractivity contribution in [3.8, 4) is 11.4 Å². The van der Waals surface area contributed by atoms with Gasteiger partial charge in [-0.25, -0.2) is 0 Å². The first-order valence-corrected chi connectivity index (χ1v) is 9.31. The highest BCUT2D eigenvalue weighted by Gasteiger charge is 2.23. The van der Waals surface area contributed by atoms with Gasteiger partial charge in [-0.3, -0.25) is 4.79 Å². The van der Waals surface area contributed by atoms with E-state index in [0.717, 1.165) is 17.9 Å². The molecule has 1 aliphatic carbocycles. The number of aromatic nitrogens is 2. The molecule has 0 unspecified atom stereocenters. The molecule has 3 rings (SSSR count). The van der Waals surface area contributed by atoms with Crippen molar-refractivity contribution in [2.75, 3.05) is 0 Å². The molecule has 1 heterocycles. The zero-order chi connectivity index (χ0) is 17.6. The van der Waals surface area contributed by atoms with E-state index in [1.54, 1.807) is 0 Å². The van der Waals surface area contributed by atoms with Crippen molar-refractivity contribution < 1.29 is 9.32 Å². The summed E-state index contributed by atoms with van der Waals surface area (Å²) in [6.45, 7) is 4.44. The van der Waals surface area contributed by atoms with Gasteiger partial charge in [0.2, 0.25) is 17.6 Å². The standard InChI is InChI=1S/C20H27N3O2/c1-15(2)23(19(24)13-12-16-8-6-7-9-16)14-18-21-20(22-25-18)17-10-4-3-5-11-17/h3-5,10-11,15-16H,6-9,12-14H2,1-2H3. The van der Waals surface area contributed by atoms with Gasteiger partial charge >= 0.3 is 0 Å². The van der Waals surface area contributed by atoms with Gasteiger partial charge in [0.05, 0.1) is 0 Å². The molecule has 0 bridgehead atoms. The number of hydrogen-bond acceptors (Lipinski definition) is 4. The summed E-state index contributed by atoms with van der Waals surface area (Å²) in [5, 5.41) is 4.04. The van der Waals surface area contributed by atoms with E-state index < -0.39 is 0 Å². The lowest BCUT2D eigenvalue weighted by Gasteiger charge is -2.25. The first kappa shape index (κ1) is 17.6. The molecule has 0 saturated heterocycles. The highest BCUT2D eigenvalue weighted by molar-refractivity contribution is 5.76. The van der Waals surface area contributed by atoms with Gasteiger partial charge in [-0.15, -0.1) is 0 Å². The largest absolute Gasteiger partial charge is 0.337 e. The maximum absolute atomic E-state index is 12.7. The van der Waals surface area contributed by atoms with Gasteiger partial charge in [-0.1, -0.05) is 61.2 Å². The molecule has 0 N–H and O–H groups in total. The highest BCUT2D eigenvalue weighted by atomic mass is 16.5. The molecule has 0 aliphatic heterocycles. The van der Waals surface area contributed by atoms with Crippen molar-refractivity contribution in [1.29, 1.82) is 0 Å². The quantitative estimate of drug-likeness (QED) is 0.747. The van der Waals surface area contributed by atoms with E-state index >= 15 is 0 Å². The minimum Gasteiger partial charge on any atom is -0.337 e. The van der Waals surface area contributed by atoms with Gasteiger partial charge in [-0.2, -0.15) is 4.98 Å². The van der Waals surface area contributed by atoms with E-state index in [1.165, 1.54) is 25.7 Å². The predicted molar refractivity (Wildman–Crippen MR) is 96.6 cm³/mol. The van der Waals surface area contributed by atoms with Crippen molar-refractivity contribution in [1.82, 2.24) is 15.0 Å². The Hall–Kier alpha value is -2.17. The number of rotatable bonds is 7. The van der Waals surface area contributed by atoms with Gasteiger partial charge in [-0.05, 0) is 26.2 Å². The summed E-state index contributed by atoms with van der Waals surface area (Å²) in [5.41, 5.74) is 0.918. The van der Waals surface area contributed by atoms with Crippen LogP contribution in [-0.2, 0) is 11.3 Å². The lowest BCUT2D eigenvalue weighted by atomic mass is 10.0. The maximum atomic E-state index is 12.7. The SMILES string of the molecule is CC(C)N(Cc1nc(-c2ccccc2)no1)C(=O)CCC1CCCC1. The molecule has 2 aromatic rings. The van der Waals surface area contributed by atoms with Crippen LogP contribution in [0.25, 0.3) is 11.4 Å². The summed E-state index contributed by atoms with van der Waals surface area (Å²) < 4.78 is 5.37. The van der Waals surface area contributed by atoms with E-state index in [4.69, 9.17) is 4.52 Å². The van der Waals surface area contributed by atoms with Crippen LogP contribution >= 0.6 is 0 Å². The van der Waals surface area contributed by atoms with Gasteiger partial charge in [0.1, 0.15) is 6.54 Å². The van der Waals surface area contributed by atoms with Gasteiger partial charge in [0.25, 0.3) is 0 Å². The molecule has 1 saturated carbocycles. The average molecular weight is 341 g/mol. The molecule has 5 nitrogen and oxygen atoms in total. The van der Waals surface area contributed by atoms with Crippen LogP contribution < -0.4 is 0 Å². The van der Waals surface area contributed by atoms with Crippen LogP contribution in [0, 0.1) is 5.92 Å². The number of carbonyl (C=O) groups is 1. The number of benzene rings is 1. The fourth-order valence-electron chi connectivity index (χ4n) is 3.50. The monoisotopic (exact) mass is 341 g/mol. The molecule has 1 aromatic heterocycles. The predicted octanol–water partition coefficient (Wildman–Crippen LogP) is 4.44. The second-order valence-corrected chi connectivity index (χ2v) is 7.18. The molecule has 1 fully saturated rings. The minimum atomic E-state index is 0.114. The van der Waals surface area contributed by atoms with E-state index in [2.05, 4.69) is 10.1 Å². The van der Waals surface area contributed by atoms with Crippen LogP contribution in [0.5, 0.6) is 0 Å². The molecular weight excluding hydrogens is 314 g/mol. The molecule has 1 aliphatic rings. The Morgan fingerprint density at radius 2 is 1.96 bits per heavy atom. The zero-order valence-corrected chi connectivity index (χ0v) is 15.1. The lowest BCUT2D eigenvalue weighted by Crippen LogP contribution is -2.36. The zero-order valence-electron chi connectivity index (χ0n) is 15.1. The number of nitrogens with zero attached hydrogens (tertiary/aromatic N) is 3. The fraction of sp³-hybridized carbons (Fsp3) is 0.550. The highest BCUT2D eigenvalue weighted by Crippen LogP contribution is 2.29. The minimum absolute atomic E-state index is 0.114. The molecule has 25 heavy (non-hydrogen) atoms. The van der Waals surface area contributed by atoms with E-state index in [9.17, 15) is 4.79 Å². The average Bonchev–Trinajstić information content (AvgIpc) is 3.30. The van der Waals surface area contributed by atoms with Crippen LogP contribution in [-0.4, -0.2) is 27.0 Å². The lowest BCUT2D eigenvalue weighted by molar-refractivity contribution is -0.134. The number of amides is 1. The maximum Gasteiger partial charge on any atom is 0.246 e. The van der Waals surface area contributed by atoms with E-state index in [-0.39, 0.29) is 11.9 Å². The summed E-state index contributed by atoms with van der Waals surface area (Å²) in [6, 6.07) is 9.84. The van der Waals surface area contributed by atoms with Crippen molar-refractivity contribution in [2.24, 2.45) is 5.92 Å².